The third-order valence-electron chi connectivity index (χ3n) is 2.10. The summed E-state index contributed by atoms with van der Waals surface area (Å²) in [5, 5.41) is 18.2. The van der Waals surface area contributed by atoms with Crippen molar-refractivity contribution in [3.8, 4) is 10.6 Å². The molecule has 0 saturated carbocycles. The fourth-order valence-corrected chi connectivity index (χ4v) is 2.65. The average molecular weight is 328 g/mol. The molecule has 0 aliphatic heterocycles. The van der Waals surface area contributed by atoms with E-state index in [0.29, 0.717) is 10.6 Å². The summed E-state index contributed by atoms with van der Waals surface area (Å²) < 4.78 is 0.809. The van der Waals surface area contributed by atoms with Crippen LogP contribution in [0.3, 0.4) is 0 Å². The highest BCUT2D eigenvalue weighted by Gasteiger charge is 2.23. The predicted molar refractivity (Wildman–Crippen MR) is 69.2 cm³/mol. The van der Waals surface area contributed by atoms with E-state index >= 15 is 0 Å². The normalized spacial score (nSPS) is 10.3. The maximum absolute atomic E-state index is 10.9. The highest BCUT2D eigenvalue weighted by Crippen LogP contribution is 2.29. The molecule has 2 rings (SSSR count). The number of aromatic carboxylic acids is 2. The van der Waals surface area contributed by atoms with Gasteiger partial charge in [-0.25, -0.2) is 14.6 Å². The summed E-state index contributed by atoms with van der Waals surface area (Å²) in [6.45, 7) is 0. The second-order valence-corrected chi connectivity index (χ2v) is 5.23. The van der Waals surface area contributed by atoms with E-state index in [2.05, 4.69) is 20.9 Å². The van der Waals surface area contributed by atoms with Crippen LogP contribution in [-0.2, 0) is 0 Å². The Morgan fingerprint density at radius 3 is 2.44 bits per heavy atom. The zero-order valence-electron chi connectivity index (χ0n) is 8.75. The number of benzene rings is 1. The first kappa shape index (κ1) is 12.7. The first-order valence-electron chi connectivity index (χ1n) is 4.72. The molecule has 0 bridgehead atoms. The number of nitrogens with zero attached hydrogens (tertiary/aromatic N) is 1. The number of carboxylic acids is 2. The Hall–Kier alpha value is -1.73. The third kappa shape index (κ3) is 2.41. The summed E-state index contributed by atoms with van der Waals surface area (Å²) in [5.41, 5.74) is 0.242. The fourth-order valence-electron chi connectivity index (χ4n) is 1.36. The lowest BCUT2D eigenvalue weighted by Crippen LogP contribution is -2.05. The molecule has 0 radical (unpaired) electrons. The lowest BCUT2D eigenvalue weighted by Gasteiger charge is -1.95. The summed E-state index contributed by atoms with van der Waals surface area (Å²) in [4.78, 5) is 25.4. The lowest BCUT2D eigenvalue weighted by atomic mass is 10.2. The first-order chi connectivity index (χ1) is 8.49. The number of aromatic nitrogens is 1. The summed E-state index contributed by atoms with van der Waals surface area (Å²) in [6, 6.07) is 7.06. The molecule has 2 N–H and O–H groups in total. The monoisotopic (exact) mass is 327 g/mol. The van der Waals surface area contributed by atoms with E-state index in [0.717, 1.165) is 15.8 Å². The highest BCUT2D eigenvalue weighted by molar-refractivity contribution is 9.10. The van der Waals surface area contributed by atoms with Gasteiger partial charge in [-0.1, -0.05) is 28.1 Å². The summed E-state index contributed by atoms with van der Waals surface area (Å²) >= 11 is 4.13. The average Bonchev–Trinajstić information content (AvgIpc) is 2.73. The van der Waals surface area contributed by atoms with Gasteiger partial charge in [-0.3, -0.25) is 0 Å². The van der Waals surface area contributed by atoms with Gasteiger partial charge in [0.2, 0.25) is 0 Å². The number of carbonyl (C=O) groups is 2. The minimum Gasteiger partial charge on any atom is -0.477 e. The molecule has 0 unspecified atom stereocenters. The van der Waals surface area contributed by atoms with Crippen LogP contribution in [0.4, 0.5) is 0 Å². The number of carboxylic acid groups (broad SMARTS) is 2. The van der Waals surface area contributed by atoms with Gasteiger partial charge in [-0.2, -0.15) is 0 Å². The van der Waals surface area contributed by atoms with Crippen LogP contribution in [0.5, 0.6) is 0 Å². The van der Waals surface area contributed by atoms with E-state index in [4.69, 9.17) is 10.2 Å². The maximum Gasteiger partial charge on any atom is 0.356 e. The Balaban J connectivity index is 2.57. The number of rotatable bonds is 3. The minimum atomic E-state index is -1.34. The second-order valence-electron chi connectivity index (χ2n) is 3.32. The van der Waals surface area contributed by atoms with Crippen LogP contribution in [0.2, 0.25) is 0 Å². The number of hydrogen-bond donors (Lipinski definition) is 2. The van der Waals surface area contributed by atoms with Crippen LogP contribution in [0.1, 0.15) is 20.2 Å². The Bertz CT molecular complexity index is 606. The summed E-state index contributed by atoms with van der Waals surface area (Å²) in [5.74, 6) is -2.63. The molecule has 92 valence electrons. The van der Waals surface area contributed by atoms with Crippen LogP contribution in [-0.4, -0.2) is 27.1 Å². The Morgan fingerprint density at radius 1 is 1.22 bits per heavy atom. The van der Waals surface area contributed by atoms with E-state index in [1.807, 2.05) is 6.07 Å². The van der Waals surface area contributed by atoms with Crippen molar-refractivity contribution in [3.05, 3.63) is 39.3 Å². The van der Waals surface area contributed by atoms with Crippen molar-refractivity contribution in [2.75, 3.05) is 0 Å². The Kier molecular flexibility index (Phi) is 3.44. The van der Waals surface area contributed by atoms with Crippen LogP contribution in [0, 0.1) is 0 Å². The summed E-state index contributed by atoms with van der Waals surface area (Å²) in [7, 11) is 0. The van der Waals surface area contributed by atoms with Gasteiger partial charge in [0.1, 0.15) is 9.88 Å². The van der Waals surface area contributed by atoms with Crippen molar-refractivity contribution in [1.29, 1.82) is 0 Å². The smallest absolute Gasteiger partial charge is 0.356 e. The number of thiazole rings is 1. The molecule has 1 heterocycles. The van der Waals surface area contributed by atoms with Gasteiger partial charge in [-0.05, 0) is 12.1 Å². The predicted octanol–water partition coefficient (Wildman–Crippen LogP) is 2.97. The lowest BCUT2D eigenvalue weighted by molar-refractivity contribution is 0.0651. The van der Waals surface area contributed by atoms with Crippen molar-refractivity contribution < 1.29 is 19.8 Å². The second kappa shape index (κ2) is 4.87. The maximum atomic E-state index is 10.9. The quantitative estimate of drug-likeness (QED) is 0.904. The minimum absolute atomic E-state index is 0.266. The van der Waals surface area contributed by atoms with Crippen LogP contribution < -0.4 is 0 Å². The van der Waals surface area contributed by atoms with Crippen LogP contribution in [0.15, 0.2) is 28.7 Å². The molecule has 0 aliphatic carbocycles. The van der Waals surface area contributed by atoms with Gasteiger partial charge >= 0.3 is 11.9 Å². The van der Waals surface area contributed by atoms with E-state index in [-0.39, 0.29) is 4.88 Å². The molecule has 0 amide bonds. The zero-order chi connectivity index (χ0) is 13.3. The molecule has 7 heteroatoms. The van der Waals surface area contributed by atoms with E-state index in [1.54, 1.807) is 18.2 Å². The van der Waals surface area contributed by atoms with Gasteiger partial charge in [-0.15, -0.1) is 11.3 Å². The molecule has 1 aromatic heterocycles. The van der Waals surface area contributed by atoms with Gasteiger partial charge < -0.3 is 10.2 Å². The van der Waals surface area contributed by atoms with Gasteiger partial charge in [0.25, 0.3) is 0 Å². The van der Waals surface area contributed by atoms with E-state index < -0.39 is 17.6 Å². The highest BCUT2D eigenvalue weighted by atomic mass is 79.9. The van der Waals surface area contributed by atoms with Crippen molar-refractivity contribution in [3.63, 3.8) is 0 Å². The van der Waals surface area contributed by atoms with E-state index in [9.17, 15) is 9.59 Å². The van der Waals surface area contributed by atoms with Gasteiger partial charge in [0.15, 0.2) is 5.69 Å². The van der Waals surface area contributed by atoms with E-state index in [1.165, 1.54) is 0 Å². The molecule has 0 fully saturated rings. The molecule has 0 spiro atoms. The van der Waals surface area contributed by atoms with Crippen molar-refractivity contribution >= 4 is 39.2 Å². The molecular formula is C11H6BrNO4S. The molecule has 18 heavy (non-hydrogen) atoms. The summed E-state index contributed by atoms with van der Waals surface area (Å²) in [6.07, 6.45) is 0. The van der Waals surface area contributed by atoms with Crippen molar-refractivity contribution in [2.45, 2.75) is 0 Å². The van der Waals surface area contributed by atoms with Crippen LogP contribution >= 0.6 is 27.3 Å². The molecule has 1 aromatic carbocycles. The van der Waals surface area contributed by atoms with Crippen molar-refractivity contribution in [2.24, 2.45) is 0 Å². The fraction of sp³-hybridized carbons (Fsp3) is 0. The van der Waals surface area contributed by atoms with Crippen LogP contribution in [0.25, 0.3) is 10.6 Å². The van der Waals surface area contributed by atoms with Crippen molar-refractivity contribution in [1.82, 2.24) is 4.98 Å². The largest absolute Gasteiger partial charge is 0.477 e. The van der Waals surface area contributed by atoms with Gasteiger partial charge in [0.05, 0.1) is 0 Å². The molecular weight excluding hydrogens is 322 g/mol. The number of halogens is 1. The molecule has 5 nitrogen and oxygen atoms in total. The first-order valence-corrected chi connectivity index (χ1v) is 6.33. The molecule has 0 atom stereocenters. The van der Waals surface area contributed by atoms with Gasteiger partial charge in [0, 0.05) is 10.0 Å². The Labute approximate surface area is 114 Å². The molecule has 2 aromatic rings. The topological polar surface area (TPSA) is 87.5 Å². The third-order valence-corrected chi connectivity index (χ3v) is 3.68. The SMILES string of the molecule is O=C(O)c1nc(-c2cccc(Br)c2)sc1C(=O)O. The Morgan fingerprint density at radius 2 is 1.94 bits per heavy atom. The molecule has 0 saturated heterocycles. The standard InChI is InChI=1S/C11H6BrNO4S/c12-6-3-1-2-5(4-6)9-13-7(10(14)15)8(18-9)11(16)17/h1-4H,(H,14,15)(H,16,17). The zero-order valence-corrected chi connectivity index (χ0v) is 11.2. The number of hydrogen-bond acceptors (Lipinski definition) is 4. The molecule has 0 aliphatic rings.